The minimum Gasteiger partial charge on any atom is -0.459 e. The lowest BCUT2D eigenvalue weighted by atomic mass is 10.1. The van der Waals surface area contributed by atoms with Crippen LogP contribution in [0.25, 0.3) is 17.1 Å². The molecule has 1 aromatic heterocycles. The van der Waals surface area contributed by atoms with Gasteiger partial charge in [0.25, 0.3) is 5.69 Å². The normalized spacial score (nSPS) is 17.8. The standard InChI is InChI=1S/C40H30N4O9/c45-38(27-15-7-2-8-16-27)50-25-32-33(52-39(46)28-17-9-3-10-18-28)34(53-40(47)29-19-11-4-12-20-29)35(51-32)37-41-36(26-13-5-1-6-14-26)42-43(37)30-21-23-31(24-22-30)44(48)49/h1-24,32-35H,25H2/t32-,33-,34-,35-/m1/s1. The maximum absolute atomic E-state index is 13.7. The number of benzene rings is 5. The van der Waals surface area contributed by atoms with E-state index in [9.17, 15) is 24.5 Å². The molecule has 0 bridgehead atoms. The minimum atomic E-state index is -1.35. The molecule has 264 valence electrons. The first-order valence-electron chi connectivity index (χ1n) is 16.5. The third-order valence-corrected chi connectivity index (χ3v) is 8.43. The van der Waals surface area contributed by atoms with Gasteiger partial charge in [0.2, 0.25) is 0 Å². The second-order valence-corrected chi connectivity index (χ2v) is 11.9. The summed E-state index contributed by atoms with van der Waals surface area (Å²) in [6.07, 6.45) is -5.07. The highest BCUT2D eigenvalue weighted by molar-refractivity contribution is 5.91. The van der Waals surface area contributed by atoms with Crippen molar-refractivity contribution in [1.82, 2.24) is 14.8 Å². The first kappa shape index (κ1) is 34.5. The van der Waals surface area contributed by atoms with Gasteiger partial charge in [0.15, 0.2) is 30.0 Å². The van der Waals surface area contributed by atoms with Crippen LogP contribution in [0.4, 0.5) is 5.69 Å². The Labute approximate surface area is 302 Å². The molecule has 0 N–H and O–H groups in total. The first-order valence-corrected chi connectivity index (χ1v) is 16.5. The van der Waals surface area contributed by atoms with Crippen LogP contribution in [0.3, 0.4) is 0 Å². The van der Waals surface area contributed by atoms with Gasteiger partial charge in [-0.2, -0.15) is 0 Å². The van der Waals surface area contributed by atoms with Crippen LogP contribution in [-0.4, -0.2) is 62.5 Å². The van der Waals surface area contributed by atoms with Crippen LogP contribution in [0.1, 0.15) is 43.0 Å². The predicted molar refractivity (Wildman–Crippen MR) is 189 cm³/mol. The van der Waals surface area contributed by atoms with Crippen molar-refractivity contribution in [2.45, 2.75) is 24.4 Å². The van der Waals surface area contributed by atoms with E-state index in [4.69, 9.17) is 29.0 Å². The zero-order valence-corrected chi connectivity index (χ0v) is 27.8. The van der Waals surface area contributed by atoms with Crippen molar-refractivity contribution in [3.8, 4) is 17.1 Å². The molecule has 0 aliphatic carbocycles. The van der Waals surface area contributed by atoms with E-state index >= 15 is 0 Å². The molecule has 13 nitrogen and oxygen atoms in total. The monoisotopic (exact) mass is 710 g/mol. The summed E-state index contributed by atoms with van der Waals surface area (Å²) in [6, 6.07) is 39.5. The summed E-state index contributed by atoms with van der Waals surface area (Å²) in [5, 5.41) is 16.2. The van der Waals surface area contributed by atoms with Gasteiger partial charge in [-0.15, -0.1) is 5.10 Å². The van der Waals surface area contributed by atoms with E-state index in [0.717, 1.165) is 0 Å². The van der Waals surface area contributed by atoms with E-state index in [1.165, 1.54) is 28.9 Å². The van der Waals surface area contributed by atoms with E-state index < -0.39 is 53.9 Å². The lowest BCUT2D eigenvalue weighted by molar-refractivity contribution is -0.384. The van der Waals surface area contributed by atoms with Crippen LogP contribution < -0.4 is 0 Å². The molecule has 1 aliphatic heterocycles. The number of nitro groups is 1. The predicted octanol–water partition coefficient (Wildman–Crippen LogP) is 6.59. The maximum Gasteiger partial charge on any atom is 0.338 e. The van der Waals surface area contributed by atoms with Gasteiger partial charge in [0, 0.05) is 17.7 Å². The minimum absolute atomic E-state index is 0.126. The molecule has 13 heteroatoms. The average Bonchev–Trinajstić information content (AvgIpc) is 3.80. The van der Waals surface area contributed by atoms with Crippen LogP contribution in [0.5, 0.6) is 0 Å². The van der Waals surface area contributed by atoms with Crippen LogP contribution in [0.15, 0.2) is 146 Å². The fourth-order valence-corrected chi connectivity index (χ4v) is 5.81. The van der Waals surface area contributed by atoms with Crippen molar-refractivity contribution in [2.24, 2.45) is 0 Å². The molecule has 0 spiro atoms. The molecule has 0 radical (unpaired) electrons. The Morgan fingerprint density at radius 2 is 1.15 bits per heavy atom. The number of hydrogen-bond donors (Lipinski definition) is 0. The van der Waals surface area contributed by atoms with Gasteiger partial charge < -0.3 is 18.9 Å². The van der Waals surface area contributed by atoms with Crippen LogP contribution in [0.2, 0.25) is 0 Å². The van der Waals surface area contributed by atoms with E-state index in [-0.39, 0.29) is 34.0 Å². The summed E-state index contributed by atoms with van der Waals surface area (Å²) in [4.78, 5) is 56.2. The van der Waals surface area contributed by atoms with Gasteiger partial charge in [0.1, 0.15) is 12.7 Å². The van der Waals surface area contributed by atoms with Crippen LogP contribution in [0, 0.1) is 10.1 Å². The zero-order chi connectivity index (χ0) is 36.7. The van der Waals surface area contributed by atoms with Gasteiger partial charge in [-0.1, -0.05) is 84.9 Å². The third-order valence-electron chi connectivity index (χ3n) is 8.43. The fraction of sp³-hybridized carbons (Fsp3) is 0.125. The summed E-state index contributed by atoms with van der Waals surface area (Å²) in [6.45, 7) is -0.395. The van der Waals surface area contributed by atoms with Crippen molar-refractivity contribution < 1.29 is 38.3 Å². The third kappa shape index (κ3) is 7.70. The molecule has 7 rings (SSSR count). The quantitative estimate of drug-likeness (QED) is 0.0617. The average molecular weight is 711 g/mol. The van der Waals surface area contributed by atoms with Gasteiger partial charge in [-0.05, 0) is 48.5 Å². The molecule has 1 saturated heterocycles. The molecule has 1 aliphatic rings. The first-order chi connectivity index (χ1) is 25.9. The number of hydrogen-bond acceptors (Lipinski definition) is 11. The Balaban J connectivity index is 1.33. The Hall–Kier alpha value is -6.99. The molecule has 6 aromatic rings. The molecule has 5 aromatic carbocycles. The zero-order valence-electron chi connectivity index (χ0n) is 27.8. The number of ether oxygens (including phenoxy) is 4. The van der Waals surface area contributed by atoms with Gasteiger partial charge in [-0.3, -0.25) is 10.1 Å². The highest BCUT2D eigenvalue weighted by atomic mass is 16.7. The summed E-state index contributed by atoms with van der Waals surface area (Å²) in [7, 11) is 0. The molecule has 2 heterocycles. The Morgan fingerprint density at radius 3 is 1.68 bits per heavy atom. The highest BCUT2D eigenvalue weighted by Gasteiger charge is 2.53. The second-order valence-electron chi connectivity index (χ2n) is 11.9. The molecule has 0 saturated carbocycles. The SMILES string of the molecule is O=C(OC[C@H]1O[C@@H](c2nc(-c3ccccc3)nn2-c2ccc([N+](=O)[O-])cc2)[C@H](OC(=O)c2ccccc2)[C@@H]1OC(=O)c1ccccc1)c1ccccc1. The van der Waals surface area contributed by atoms with E-state index in [0.29, 0.717) is 11.3 Å². The second kappa shape index (κ2) is 15.5. The molecular weight excluding hydrogens is 680 g/mol. The van der Waals surface area contributed by atoms with Crippen molar-refractivity contribution in [1.29, 1.82) is 0 Å². The number of carbonyl (C=O) groups excluding carboxylic acids is 3. The number of nitrogens with zero attached hydrogens (tertiary/aromatic N) is 4. The maximum atomic E-state index is 13.7. The van der Waals surface area contributed by atoms with Gasteiger partial charge in [-0.25, -0.2) is 24.0 Å². The van der Waals surface area contributed by atoms with Crippen molar-refractivity contribution >= 4 is 23.6 Å². The summed E-state index contributed by atoms with van der Waals surface area (Å²) in [5.74, 6) is -1.73. The van der Waals surface area contributed by atoms with Crippen LogP contribution in [-0.2, 0) is 18.9 Å². The molecule has 1 fully saturated rings. The molecular formula is C40H30N4O9. The smallest absolute Gasteiger partial charge is 0.338 e. The Kier molecular flexibility index (Phi) is 10.1. The van der Waals surface area contributed by atoms with Crippen molar-refractivity contribution in [3.63, 3.8) is 0 Å². The molecule has 0 amide bonds. The lowest BCUT2D eigenvalue weighted by Crippen LogP contribution is -2.41. The van der Waals surface area contributed by atoms with Crippen LogP contribution >= 0.6 is 0 Å². The largest absolute Gasteiger partial charge is 0.459 e. The summed E-state index contributed by atoms with van der Waals surface area (Å²) < 4.78 is 25.8. The van der Waals surface area contributed by atoms with E-state index in [1.807, 2.05) is 18.2 Å². The molecule has 4 atom stereocenters. The number of non-ortho nitro benzene ring substituents is 1. The Morgan fingerprint density at radius 1 is 0.660 bits per heavy atom. The van der Waals surface area contributed by atoms with Crippen molar-refractivity contribution in [2.75, 3.05) is 6.61 Å². The molecule has 53 heavy (non-hydrogen) atoms. The summed E-state index contributed by atoms with van der Waals surface area (Å²) in [5.41, 5.74) is 1.63. The Bertz CT molecular complexity index is 2220. The number of carbonyl (C=O) groups is 3. The van der Waals surface area contributed by atoms with Gasteiger partial charge in [0.05, 0.1) is 27.3 Å². The lowest BCUT2D eigenvalue weighted by Gasteiger charge is -2.24. The number of aromatic nitrogens is 3. The number of esters is 3. The molecule has 0 unspecified atom stereocenters. The van der Waals surface area contributed by atoms with Gasteiger partial charge >= 0.3 is 17.9 Å². The highest BCUT2D eigenvalue weighted by Crippen LogP contribution is 2.39. The van der Waals surface area contributed by atoms with E-state index in [1.54, 1.807) is 103 Å². The number of nitro benzene ring substituents is 1. The summed E-state index contributed by atoms with van der Waals surface area (Å²) >= 11 is 0. The fourth-order valence-electron chi connectivity index (χ4n) is 5.81. The number of rotatable bonds is 11. The van der Waals surface area contributed by atoms with Crippen molar-refractivity contribution in [3.05, 3.63) is 178 Å². The topological polar surface area (TPSA) is 162 Å². The van der Waals surface area contributed by atoms with E-state index in [2.05, 4.69) is 0 Å².